The first-order chi connectivity index (χ1) is 15.9. The second-order valence-electron chi connectivity index (χ2n) is 7.74. The molecule has 1 aromatic heterocycles. The normalized spacial score (nSPS) is 11.8. The number of pyridine rings is 1. The first-order valence-electron chi connectivity index (χ1n) is 10.7. The molecular formula is C26H23N3O4. The van der Waals surface area contributed by atoms with Crippen molar-refractivity contribution < 1.29 is 9.72 Å². The van der Waals surface area contributed by atoms with Gasteiger partial charge in [-0.1, -0.05) is 67.6 Å². The van der Waals surface area contributed by atoms with Crippen molar-refractivity contribution in [2.45, 2.75) is 26.3 Å². The van der Waals surface area contributed by atoms with Gasteiger partial charge in [0.05, 0.1) is 16.5 Å². The number of benzene rings is 3. The Kier molecular flexibility index (Phi) is 6.04. The van der Waals surface area contributed by atoms with Crippen LogP contribution in [0.25, 0.3) is 16.5 Å². The number of rotatable bonds is 6. The van der Waals surface area contributed by atoms with Crippen LogP contribution in [0.1, 0.15) is 41.0 Å². The minimum Gasteiger partial charge on any atom is -0.345 e. The number of fused-ring (bicyclic) bond motifs is 1. The van der Waals surface area contributed by atoms with Gasteiger partial charge in [-0.05, 0) is 31.0 Å². The molecule has 0 bridgehead atoms. The molecule has 0 saturated carbocycles. The number of nitro benzene ring substituents is 1. The van der Waals surface area contributed by atoms with Gasteiger partial charge in [-0.3, -0.25) is 24.3 Å². The summed E-state index contributed by atoms with van der Waals surface area (Å²) in [6, 6.07) is 22.5. The van der Waals surface area contributed by atoms with E-state index in [0.717, 1.165) is 5.56 Å². The van der Waals surface area contributed by atoms with Gasteiger partial charge in [0.2, 0.25) is 0 Å². The van der Waals surface area contributed by atoms with Crippen LogP contribution in [0, 0.1) is 17.0 Å². The van der Waals surface area contributed by atoms with Crippen LogP contribution in [0.4, 0.5) is 5.69 Å². The number of carbonyl (C=O) groups excluding carboxylic acids is 1. The molecular weight excluding hydrogens is 418 g/mol. The predicted molar refractivity (Wildman–Crippen MR) is 128 cm³/mol. The lowest BCUT2D eigenvalue weighted by Gasteiger charge is -2.21. The number of para-hydroxylation sites is 1. The van der Waals surface area contributed by atoms with E-state index in [9.17, 15) is 19.7 Å². The Hall–Kier alpha value is -4.26. The van der Waals surface area contributed by atoms with E-state index in [1.54, 1.807) is 37.3 Å². The minimum absolute atomic E-state index is 0.0881. The number of aromatic nitrogens is 1. The molecule has 0 spiro atoms. The fraction of sp³-hybridized carbons (Fsp3) is 0.154. The lowest BCUT2D eigenvalue weighted by molar-refractivity contribution is -0.383. The fourth-order valence-electron chi connectivity index (χ4n) is 4.21. The van der Waals surface area contributed by atoms with Gasteiger partial charge in [0.1, 0.15) is 5.39 Å². The summed E-state index contributed by atoms with van der Waals surface area (Å²) in [6.45, 7) is 3.66. The number of nitrogens with zero attached hydrogens (tertiary/aromatic N) is 2. The third-order valence-corrected chi connectivity index (χ3v) is 5.78. The highest BCUT2D eigenvalue weighted by Gasteiger charge is 2.26. The maximum absolute atomic E-state index is 13.6. The Morgan fingerprint density at radius 2 is 1.64 bits per heavy atom. The molecule has 0 fully saturated rings. The number of non-ortho nitro benzene ring substituents is 1. The lowest BCUT2D eigenvalue weighted by atomic mass is 9.99. The second kappa shape index (κ2) is 9.08. The molecule has 1 heterocycles. The molecule has 0 saturated heterocycles. The zero-order valence-corrected chi connectivity index (χ0v) is 18.3. The number of amides is 1. The summed E-state index contributed by atoms with van der Waals surface area (Å²) in [5.41, 5.74) is 1.28. The summed E-state index contributed by atoms with van der Waals surface area (Å²) >= 11 is 0. The molecule has 166 valence electrons. The van der Waals surface area contributed by atoms with Crippen LogP contribution in [-0.4, -0.2) is 15.4 Å². The molecule has 1 amide bonds. The van der Waals surface area contributed by atoms with Crippen molar-refractivity contribution in [1.29, 1.82) is 0 Å². The number of nitro groups is 1. The highest BCUT2D eigenvalue weighted by molar-refractivity contribution is 6.10. The van der Waals surface area contributed by atoms with Crippen molar-refractivity contribution in [1.82, 2.24) is 9.88 Å². The van der Waals surface area contributed by atoms with E-state index in [1.165, 1.54) is 16.7 Å². The molecule has 0 unspecified atom stereocenters. The average molecular weight is 441 g/mol. The SMILES string of the molecule is CC[C@H](NC(=O)c1c(C)n(-c2ccccc2)c(=O)c2c([N+](=O)[O-])cccc12)c1ccccc1. The molecule has 7 nitrogen and oxygen atoms in total. The van der Waals surface area contributed by atoms with Crippen LogP contribution in [0.15, 0.2) is 83.7 Å². The third-order valence-electron chi connectivity index (χ3n) is 5.78. The zero-order chi connectivity index (χ0) is 23.5. The molecule has 0 aliphatic rings. The van der Waals surface area contributed by atoms with E-state index in [4.69, 9.17) is 0 Å². The molecule has 4 rings (SSSR count). The topological polar surface area (TPSA) is 94.2 Å². The van der Waals surface area contributed by atoms with Gasteiger partial charge in [-0.15, -0.1) is 0 Å². The van der Waals surface area contributed by atoms with Crippen LogP contribution in [0.5, 0.6) is 0 Å². The molecule has 1 atom stereocenters. The fourth-order valence-corrected chi connectivity index (χ4v) is 4.21. The Labute approximate surface area is 190 Å². The molecule has 4 aromatic rings. The maximum Gasteiger partial charge on any atom is 0.282 e. The lowest BCUT2D eigenvalue weighted by Crippen LogP contribution is -2.32. The van der Waals surface area contributed by atoms with Crippen LogP contribution >= 0.6 is 0 Å². The molecule has 1 N–H and O–H groups in total. The van der Waals surface area contributed by atoms with Crippen molar-refractivity contribution in [2.75, 3.05) is 0 Å². The molecule has 7 heteroatoms. The summed E-state index contributed by atoms with van der Waals surface area (Å²) in [5.74, 6) is -0.390. The van der Waals surface area contributed by atoms with Crippen molar-refractivity contribution >= 4 is 22.4 Å². The molecule has 33 heavy (non-hydrogen) atoms. The summed E-state index contributed by atoms with van der Waals surface area (Å²) in [7, 11) is 0. The average Bonchev–Trinajstić information content (AvgIpc) is 2.83. The van der Waals surface area contributed by atoms with Crippen LogP contribution in [0.3, 0.4) is 0 Å². The Morgan fingerprint density at radius 1 is 1.00 bits per heavy atom. The van der Waals surface area contributed by atoms with E-state index in [1.807, 2.05) is 43.3 Å². The van der Waals surface area contributed by atoms with E-state index >= 15 is 0 Å². The van der Waals surface area contributed by atoms with Crippen molar-refractivity contribution in [2.24, 2.45) is 0 Å². The molecule has 0 radical (unpaired) electrons. The Bertz CT molecular complexity index is 1400. The van der Waals surface area contributed by atoms with Gasteiger partial charge >= 0.3 is 0 Å². The zero-order valence-electron chi connectivity index (χ0n) is 18.3. The van der Waals surface area contributed by atoms with Crippen molar-refractivity contribution in [3.05, 3.63) is 116 Å². The van der Waals surface area contributed by atoms with Gasteiger partial charge in [-0.2, -0.15) is 0 Å². The summed E-state index contributed by atoms with van der Waals surface area (Å²) in [5, 5.41) is 15.0. The van der Waals surface area contributed by atoms with E-state index in [2.05, 4.69) is 5.32 Å². The summed E-state index contributed by atoms with van der Waals surface area (Å²) < 4.78 is 1.37. The van der Waals surface area contributed by atoms with Gasteiger partial charge in [-0.25, -0.2) is 0 Å². The first kappa shape index (κ1) is 22.0. The van der Waals surface area contributed by atoms with Crippen LogP contribution in [-0.2, 0) is 0 Å². The Balaban J connectivity index is 1.97. The molecule has 0 aliphatic carbocycles. The second-order valence-corrected chi connectivity index (χ2v) is 7.74. The quantitative estimate of drug-likeness (QED) is 0.333. The van der Waals surface area contributed by atoms with Crippen molar-refractivity contribution in [3.8, 4) is 5.69 Å². The largest absolute Gasteiger partial charge is 0.345 e. The van der Waals surface area contributed by atoms with Crippen LogP contribution in [0.2, 0.25) is 0 Å². The highest BCUT2D eigenvalue weighted by Crippen LogP contribution is 2.29. The number of hydrogen-bond acceptors (Lipinski definition) is 4. The van der Waals surface area contributed by atoms with Crippen LogP contribution < -0.4 is 10.9 Å². The monoisotopic (exact) mass is 441 g/mol. The summed E-state index contributed by atoms with van der Waals surface area (Å²) in [6.07, 6.45) is 0.658. The minimum atomic E-state index is -0.588. The molecule has 3 aromatic carbocycles. The van der Waals surface area contributed by atoms with Gasteiger partial charge in [0.25, 0.3) is 17.2 Å². The number of nitrogens with one attached hydrogen (secondary N) is 1. The smallest absolute Gasteiger partial charge is 0.282 e. The molecule has 0 aliphatic heterocycles. The van der Waals surface area contributed by atoms with Crippen molar-refractivity contribution in [3.63, 3.8) is 0 Å². The highest BCUT2D eigenvalue weighted by atomic mass is 16.6. The van der Waals surface area contributed by atoms with Gasteiger partial charge in [0.15, 0.2) is 0 Å². The third kappa shape index (κ3) is 4.01. The van der Waals surface area contributed by atoms with Gasteiger partial charge < -0.3 is 5.32 Å². The predicted octanol–water partition coefficient (Wildman–Crippen LogP) is 5.09. The Morgan fingerprint density at radius 3 is 2.24 bits per heavy atom. The van der Waals surface area contributed by atoms with E-state index in [-0.39, 0.29) is 28.1 Å². The summed E-state index contributed by atoms with van der Waals surface area (Å²) in [4.78, 5) is 38.2. The first-order valence-corrected chi connectivity index (χ1v) is 10.7. The maximum atomic E-state index is 13.6. The van der Waals surface area contributed by atoms with Gasteiger partial charge in [0, 0.05) is 22.8 Å². The standard InChI is InChI=1S/C26H23N3O4/c1-3-21(18-11-6-4-7-12-18)27-25(30)23-17(2)28(19-13-8-5-9-14-19)26(31)24-20(23)15-10-16-22(24)29(32)33/h4-16,21H,3H2,1-2H3,(H,27,30)/t21-/m0/s1. The van der Waals surface area contributed by atoms with E-state index < -0.39 is 16.4 Å². The van der Waals surface area contributed by atoms with E-state index in [0.29, 0.717) is 17.8 Å². The number of hydrogen-bond donors (Lipinski definition) is 1. The number of carbonyl (C=O) groups is 1.